The summed E-state index contributed by atoms with van der Waals surface area (Å²) < 4.78 is 13.0. The Kier molecular flexibility index (Phi) is 3.31. The molecule has 2 atom stereocenters. The van der Waals surface area contributed by atoms with Crippen molar-refractivity contribution in [1.29, 1.82) is 0 Å². The fourth-order valence-electron chi connectivity index (χ4n) is 1.08. The van der Waals surface area contributed by atoms with Crippen molar-refractivity contribution >= 4 is 11.6 Å². The van der Waals surface area contributed by atoms with Crippen molar-refractivity contribution < 1.29 is 14.6 Å². The number of halogens is 2. The summed E-state index contributed by atoms with van der Waals surface area (Å²) in [5.74, 6) is -0.889. The van der Waals surface area contributed by atoms with E-state index in [-0.39, 0.29) is 16.3 Å². The van der Waals surface area contributed by atoms with E-state index in [1.54, 1.807) is 0 Å². The standard InChI is InChI=1S/C9H11ClFNO2/c1-4(13)9(12)5-2-7(11)6(10)3-8(5)14/h2-4,9,13-14H,12H2,1H3. The van der Waals surface area contributed by atoms with Gasteiger partial charge in [-0.1, -0.05) is 11.6 Å². The molecule has 3 nitrogen and oxygen atoms in total. The molecule has 0 saturated carbocycles. The topological polar surface area (TPSA) is 66.5 Å². The van der Waals surface area contributed by atoms with Gasteiger partial charge >= 0.3 is 0 Å². The van der Waals surface area contributed by atoms with Gasteiger partial charge in [0.15, 0.2) is 0 Å². The van der Waals surface area contributed by atoms with Crippen molar-refractivity contribution in [2.75, 3.05) is 0 Å². The van der Waals surface area contributed by atoms with E-state index in [2.05, 4.69) is 0 Å². The van der Waals surface area contributed by atoms with Crippen molar-refractivity contribution in [3.05, 3.63) is 28.5 Å². The van der Waals surface area contributed by atoms with Gasteiger partial charge in [-0.05, 0) is 13.0 Å². The summed E-state index contributed by atoms with van der Waals surface area (Å²) in [6.45, 7) is 1.45. The van der Waals surface area contributed by atoms with Crippen LogP contribution in [0.25, 0.3) is 0 Å². The zero-order valence-corrected chi connectivity index (χ0v) is 8.29. The zero-order chi connectivity index (χ0) is 10.9. The monoisotopic (exact) mass is 219 g/mol. The van der Waals surface area contributed by atoms with E-state index in [1.807, 2.05) is 0 Å². The first-order valence-electron chi connectivity index (χ1n) is 4.05. The highest BCUT2D eigenvalue weighted by Crippen LogP contribution is 2.29. The van der Waals surface area contributed by atoms with E-state index in [4.69, 9.17) is 22.4 Å². The third kappa shape index (κ3) is 2.15. The average molecular weight is 220 g/mol. The van der Waals surface area contributed by atoms with Crippen LogP contribution in [0.4, 0.5) is 4.39 Å². The Morgan fingerprint density at radius 3 is 2.57 bits per heavy atom. The van der Waals surface area contributed by atoms with Gasteiger partial charge in [-0.15, -0.1) is 0 Å². The van der Waals surface area contributed by atoms with Crippen molar-refractivity contribution in [2.45, 2.75) is 19.1 Å². The maximum atomic E-state index is 13.0. The van der Waals surface area contributed by atoms with Crippen LogP contribution in [0.15, 0.2) is 12.1 Å². The molecular formula is C9H11ClFNO2. The maximum absolute atomic E-state index is 13.0. The summed E-state index contributed by atoms with van der Waals surface area (Å²) in [6.07, 6.45) is -0.874. The lowest BCUT2D eigenvalue weighted by atomic mass is 10.0. The third-order valence-electron chi connectivity index (χ3n) is 1.95. The summed E-state index contributed by atoms with van der Waals surface area (Å²) in [7, 11) is 0. The third-order valence-corrected chi connectivity index (χ3v) is 2.24. The smallest absolute Gasteiger partial charge is 0.142 e. The largest absolute Gasteiger partial charge is 0.508 e. The molecule has 5 heteroatoms. The highest BCUT2D eigenvalue weighted by Gasteiger charge is 2.18. The number of phenols is 1. The second-order valence-corrected chi connectivity index (χ2v) is 3.50. The fraction of sp³-hybridized carbons (Fsp3) is 0.333. The fourth-order valence-corrected chi connectivity index (χ4v) is 1.24. The molecule has 14 heavy (non-hydrogen) atoms. The highest BCUT2D eigenvalue weighted by atomic mass is 35.5. The predicted octanol–water partition coefficient (Wildman–Crippen LogP) is 1.57. The minimum absolute atomic E-state index is 0.141. The molecule has 1 aromatic rings. The molecule has 0 aliphatic heterocycles. The average Bonchev–Trinajstić information content (AvgIpc) is 2.10. The van der Waals surface area contributed by atoms with Gasteiger partial charge in [-0.3, -0.25) is 0 Å². The summed E-state index contributed by atoms with van der Waals surface area (Å²) in [5.41, 5.74) is 5.68. The van der Waals surface area contributed by atoms with Gasteiger partial charge in [0.25, 0.3) is 0 Å². The van der Waals surface area contributed by atoms with Crippen molar-refractivity contribution in [3.8, 4) is 5.75 Å². The van der Waals surface area contributed by atoms with E-state index in [0.29, 0.717) is 0 Å². The second-order valence-electron chi connectivity index (χ2n) is 3.09. The van der Waals surface area contributed by atoms with Crippen LogP contribution < -0.4 is 5.73 Å². The molecule has 1 aromatic carbocycles. The van der Waals surface area contributed by atoms with E-state index in [9.17, 15) is 9.50 Å². The molecule has 4 N–H and O–H groups in total. The van der Waals surface area contributed by atoms with Crippen LogP contribution in [-0.2, 0) is 0 Å². The normalized spacial score (nSPS) is 15.2. The van der Waals surface area contributed by atoms with Gasteiger partial charge in [0.2, 0.25) is 0 Å². The molecule has 0 aromatic heterocycles. The molecule has 0 saturated heterocycles. The molecule has 0 bridgehead atoms. The SMILES string of the molecule is CC(O)C(N)c1cc(F)c(Cl)cc1O. The molecule has 1 rings (SSSR count). The van der Waals surface area contributed by atoms with Crippen molar-refractivity contribution in [3.63, 3.8) is 0 Å². The minimum atomic E-state index is -0.874. The van der Waals surface area contributed by atoms with E-state index in [0.717, 1.165) is 12.1 Å². The lowest BCUT2D eigenvalue weighted by molar-refractivity contribution is 0.162. The zero-order valence-electron chi connectivity index (χ0n) is 7.54. The van der Waals surface area contributed by atoms with Crippen LogP contribution in [0.2, 0.25) is 5.02 Å². The number of aliphatic hydroxyl groups excluding tert-OH is 1. The van der Waals surface area contributed by atoms with Gasteiger partial charge in [-0.2, -0.15) is 0 Å². The number of aliphatic hydroxyl groups is 1. The molecule has 0 heterocycles. The lowest BCUT2D eigenvalue weighted by Gasteiger charge is -2.16. The predicted molar refractivity (Wildman–Crippen MR) is 51.7 cm³/mol. The Morgan fingerprint density at radius 1 is 1.50 bits per heavy atom. The number of hydrogen-bond donors (Lipinski definition) is 3. The Bertz CT molecular complexity index is 344. The first kappa shape index (κ1) is 11.2. The number of nitrogens with two attached hydrogens (primary N) is 1. The minimum Gasteiger partial charge on any atom is -0.508 e. The molecule has 0 spiro atoms. The highest BCUT2D eigenvalue weighted by molar-refractivity contribution is 6.30. The maximum Gasteiger partial charge on any atom is 0.142 e. The van der Waals surface area contributed by atoms with Gasteiger partial charge in [0, 0.05) is 11.6 Å². The molecule has 0 aliphatic carbocycles. The number of hydrogen-bond acceptors (Lipinski definition) is 3. The Morgan fingerprint density at radius 2 is 2.07 bits per heavy atom. The number of aromatic hydroxyl groups is 1. The van der Waals surface area contributed by atoms with Crippen LogP contribution in [0.3, 0.4) is 0 Å². The summed E-state index contributed by atoms with van der Waals surface area (Å²) in [6, 6.07) is 1.26. The van der Waals surface area contributed by atoms with Crippen LogP contribution in [0.1, 0.15) is 18.5 Å². The van der Waals surface area contributed by atoms with E-state index >= 15 is 0 Å². The van der Waals surface area contributed by atoms with Crippen molar-refractivity contribution in [2.24, 2.45) is 5.73 Å². The summed E-state index contributed by atoms with van der Waals surface area (Å²) >= 11 is 5.43. The summed E-state index contributed by atoms with van der Waals surface area (Å²) in [5, 5.41) is 18.4. The second kappa shape index (κ2) is 4.13. The lowest BCUT2D eigenvalue weighted by Crippen LogP contribution is -2.23. The number of rotatable bonds is 2. The molecule has 0 fully saturated rings. The van der Waals surface area contributed by atoms with Crippen molar-refractivity contribution in [1.82, 2.24) is 0 Å². The van der Waals surface area contributed by atoms with E-state index in [1.165, 1.54) is 6.92 Å². The number of phenolic OH excluding ortho intramolecular Hbond substituents is 1. The quantitative estimate of drug-likeness (QED) is 0.707. The van der Waals surface area contributed by atoms with Gasteiger partial charge in [-0.25, -0.2) is 4.39 Å². The van der Waals surface area contributed by atoms with Crippen LogP contribution >= 0.6 is 11.6 Å². The van der Waals surface area contributed by atoms with Gasteiger partial charge in [0.05, 0.1) is 17.2 Å². The molecular weight excluding hydrogens is 209 g/mol. The van der Waals surface area contributed by atoms with Crippen LogP contribution in [-0.4, -0.2) is 16.3 Å². The summed E-state index contributed by atoms with van der Waals surface area (Å²) in [4.78, 5) is 0. The molecule has 2 unspecified atom stereocenters. The van der Waals surface area contributed by atoms with Crippen LogP contribution in [0.5, 0.6) is 5.75 Å². The molecule has 0 amide bonds. The molecule has 78 valence electrons. The first-order valence-corrected chi connectivity index (χ1v) is 4.43. The molecule has 0 aliphatic rings. The Hall–Kier alpha value is -0.840. The molecule has 0 radical (unpaired) electrons. The Labute approximate surface area is 85.9 Å². The van der Waals surface area contributed by atoms with Gasteiger partial charge < -0.3 is 15.9 Å². The Balaban J connectivity index is 3.15. The van der Waals surface area contributed by atoms with Crippen LogP contribution in [0, 0.1) is 5.82 Å². The first-order chi connectivity index (χ1) is 6.43. The number of benzene rings is 1. The van der Waals surface area contributed by atoms with E-state index < -0.39 is 18.0 Å². The van der Waals surface area contributed by atoms with Gasteiger partial charge in [0.1, 0.15) is 11.6 Å².